The predicted octanol–water partition coefficient (Wildman–Crippen LogP) is 0.740. The molecule has 0 aliphatic carbocycles. The normalized spacial score (nSPS) is 10.0. The van der Waals surface area contributed by atoms with Gasteiger partial charge in [0.2, 0.25) is 0 Å². The predicted molar refractivity (Wildman–Crippen MR) is 48.7 cm³/mol. The van der Waals surface area contributed by atoms with Crippen LogP contribution in [-0.4, -0.2) is 28.5 Å². The Morgan fingerprint density at radius 3 is 2.62 bits per heavy atom. The van der Waals surface area contributed by atoms with E-state index in [9.17, 15) is 0 Å². The van der Waals surface area contributed by atoms with Crippen LogP contribution < -0.4 is 0 Å². The van der Waals surface area contributed by atoms with E-state index >= 15 is 0 Å². The molecule has 68 valence electrons. The van der Waals surface area contributed by atoms with Crippen molar-refractivity contribution in [1.82, 2.24) is 14.9 Å². The second-order valence-electron chi connectivity index (χ2n) is 2.97. The number of nitrogens with zero attached hydrogens (tertiary/aromatic N) is 4. The fourth-order valence-electron chi connectivity index (χ4n) is 0.989. The van der Waals surface area contributed by atoms with Crippen LogP contribution in [0.4, 0.5) is 0 Å². The molecule has 0 saturated heterocycles. The van der Waals surface area contributed by atoms with Gasteiger partial charge < -0.3 is 0 Å². The highest BCUT2D eigenvalue weighted by molar-refractivity contribution is 5.04. The number of hydrogen-bond donors (Lipinski definition) is 0. The monoisotopic (exact) mass is 176 g/mol. The lowest BCUT2D eigenvalue weighted by Gasteiger charge is -2.11. The van der Waals surface area contributed by atoms with E-state index in [0.29, 0.717) is 13.1 Å². The number of aryl methyl sites for hydroxylation is 1. The minimum atomic E-state index is 0.424. The lowest BCUT2D eigenvalue weighted by atomic mass is 10.3. The van der Waals surface area contributed by atoms with Crippen molar-refractivity contribution in [2.24, 2.45) is 0 Å². The Morgan fingerprint density at radius 2 is 2.08 bits per heavy atom. The van der Waals surface area contributed by atoms with Gasteiger partial charge in [-0.15, -0.1) is 0 Å². The molecule has 4 nitrogen and oxygen atoms in total. The third-order valence-electron chi connectivity index (χ3n) is 1.63. The summed E-state index contributed by atoms with van der Waals surface area (Å²) >= 11 is 0. The van der Waals surface area contributed by atoms with E-state index in [1.165, 1.54) is 0 Å². The maximum Gasteiger partial charge on any atom is 0.125 e. The van der Waals surface area contributed by atoms with Crippen LogP contribution >= 0.6 is 0 Å². The number of rotatable bonds is 3. The fourth-order valence-corrected chi connectivity index (χ4v) is 0.989. The first-order valence-corrected chi connectivity index (χ1v) is 4.05. The molecule has 0 saturated carbocycles. The van der Waals surface area contributed by atoms with Crippen molar-refractivity contribution in [3.05, 3.63) is 23.8 Å². The maximum absolute atomic E-state index is 8.44. The Labute approximate surface area is 77.8 Å². The topological polar surface area (TPSA) is 52.8 Å². The molecule has 0 bridgehead atoms. The molecule has 1 heterocycles. The Balaban J connectivity index is 2.55. The molecule has 0 aliphatic heterocycles. The van der Waals surface area contributed by atoms with E-state index in [0.717, 1.165) is 11.4 Å². The van der Waals surface area contributed by atoms with Crippen molar-refractivity contribution in [3.8, 4) is 6.07 Å². The van der Waals surface area contributed by atoms with Crippen molar-refractivity contribution >= 4 is 0 Å². The van der Waals surface area contributed by atoms with Gasteiger partial charge >= 0.3 is 0 Å². The van der Waals surface area contributed by atoms with Crippen molar-refractivity contribution < 1.29 is 0 Å². The molecule has 1 aromatic heterocycles. The molecular formula is C9H12N4. The fraction of sp³-hybridized carbons (Fsp3) is 0.444. The maximum atomic E-state index is 8.44. The van der Waals surface area contributed by atoms with Crippen LogP contribution in [0.2, 0.25) is 0 Å². The second-order valence-corrected chi connectivity index (χ2v) is 2.97. The van der Waals surface area contributed by atoms with E-state index in [1.807, 2.05) is 18.9 Å². The molecule has 0 aliphatic rings. The van der Waals surface area contributed by atoms with Gasteiger partial charge in [0.1, 0.15) is 5.82 Å². The van der Waals surface area contributed by atoms with E-state index in [2.05, 4.69) is 16.0 Å². The van der Waals surface area contributed by atoms with Crippen LogP contribution in [0.1, 0.15) is 11.4 Å². The molecule has 0 unspecified atom stereocenters. The standard InChI is InChI=1S/C9H12N4/c1-8-11-5-9(6-12-8)7-13(2)4-3-10/h5-6H,4,7H2,1-2H3. The van der Waals surface area contributed by atoms with Crippen LogP contribution in [0, 0.1) is 18.3 Å². The summed E-state index contributed by atoms with van der Waals surface area (Å²) in [6, 6.07) is 2.08. The summed E-state index contributed by atoms with van der Waals surface area (Å²) in [4.78, 5) is 10.1. The average molecular weight is 176 g/mol. The lowest BCUT2D eigenvalue weighted by Crippen LogP contribution is -2.18. The third-order valence-corrected chi connectivity index (χ3v) is 1.63. The summed E-state index contributed by atoms with van der Waals surface area (Å²) in [5, 5.41) is 8.44. The van der Waals surface area contributed by atoms with Gasteiger partial charge in [0.15, 0.2) is 0 Å². The van der Waals surface area contributed by atoms with Crippen LogP contribution in [0.5, 0.6) is 0 Å². The number of aromatic nitrogens is 2. The lowest BCUT2D eigenvalue weighted by molar-refractivity contribution is 0.366. The molecule has 0 atom stereocenters. The second kappa shape index (κ2) is 4.53. The summed E-state index contributed by atoms with van der Waals surface area (Å²) < 4.78 is 0. The quantitative estimate of drug-likeness (QED) is 0.637. The van der Waals surface area contributed by atoms with Crippen LogP contribution in [0.3, 0.4) is 0 Å². The number of hydrogen-bond acceptors (Lipinski definition) is 4. The minimum Gasteiger partial charge on any atom is -0.289 e. The Morgan fingerprint density at radius 1 is 1.46 bits per heavy atom. The zero-order valence-corrected chi connectivity index (χ0v) is 7.86. The van der Waals surface area contributed by atoms with Gasteiger partial charge in [-0.05, 0) is 14.0 Å². The van der Waals surface area contributed by atoms with Gasteiger partial charge in [-0.1, -0.05) is 0 Å². The van der Waals surface area contributed by atoms with Gasteiger partial charge in [0, 0.05) is 24.5 Å². The average Bonchev–Trinajstić information content (AvgIpc) is 2.09. The van der Waals surface area contributed by atoms with E-state index < -0.39 is 0 Å². The molecule has 0 radical (unpaired) electrons. The van der Waals surface area contributed by atoms with Gasteiger partial charge in [-0.2, -0.15) is 5.26 Å². The zero-order valence-electron chi connectivity index (χ0n) is 7.86. The highest BCUT2D eigenvalue weighted by Crippen LogP contribution is 1.99. The van der Waals surface area contributed by atoms with Gasteiger partial charge in [-0.3, -0.25) is 4.90 Å². The Kier molecular flexibility index (Phi) is 3.35. The molecule has 1 rings (SSSR count). The van der Waals surface area contributed by atoms with Crippen molar-refractivity contribution in [2.75, 3.05) is 13.6 Å². The molecule has 0 aromatic carbocycles. The van der Waals surface area contributed by atoms with Crippen LogP contribution in [0.15, 0.2) is 12.4 Å². The largest absolute Gasteiger partial charge is 0.289 e. The van der Waals surface area contributed by atoms with Crippen molar-refractivity contribution in [3.63, 3.8) is 0 Å². The molecule has 0 fully saturated rings. The molecule has 13 heavy (non-hydrogen) atoms. The first-order valence-electron chi connectivity index (χ1n) is 4.05. The highest BCUT2D eigenvalue weighted by atomic mass is 15.1. The SMILES string of the molecule is Cc1ncc(CN(C)CC#N)cn1. The molecular weight excluding hydrogens is 164 g/mol. The minimum absolute atomic E-state index is 0.424. The Hall–Kier alpha value is -1.47. The van der Waals surface area contributed by atoms with Gasteiger partial charge in [-0.25, -0.2) is 9.97 Å². The summed E-state index contributed by atoms with van der Waals surface area (Å²) in [6.45, 7) is 2.99. The van der Waals surface area contributed by atoms with Gasteiger partial charge in [0.25, 0.3) is 0 Å². The van der Waals surface area contributed by atoms with Crippen molar-refractivity contribution in [2.45, 2.75) is 13.5 Å². The van der Waals surface area contributed by atoms with E-state index in [-0.39, 0.29) is 0 Å². The number of nitriles is 1. The third kappa shape index (κ3) is 3.18. The van der Waals surface area contributed by atoms with Crippen LogP contribution in [-0.2, 0) is 6.54 Å². The first-order chi connectivity index (χ1) is 6.22. The summed E-state index contributed by atoms with van der Waals surface area (Å²) in [7, 11) is 1.89. The Bertz CT molecular complexity index is 298. The summed E-state index contributed by atoms with van der Waals surface area (Å²) in [6.07, 6.45) is 3.58. The molecule has 0 N–H and O–H groups in total. The van der Waals surface area contributed by atoms with E-state index in [4.69, 9.17) is 5.26 Å². The van der Waals surface area contributed by atoms with Crippen molar-refractivity contribution in [1.29, 1.82) is 5.26 Å². The highest BCUT2D eigenvalue weighted by Gasteiger charge is 1.99. The molecule has 1 aromatic rings. The molecule has 4 heteroatoms. The van der Waals surface area contributed by atoms with Gasteiger partial charge in [0.05, 0.1) is 12.6 Å². The van der Waals surface area contributed by atoms with E-state index in [1.54, 1.807) is 12.4 Å². The summed E-state index contributed by atoms with van der Waals surface area (Å²) in [5.41, 5.74) is 1.03. The summed E-state index contributed by atoms with van der Waals surface area (Å²) in [5.74, 6) is 0.770. The first kappa shape index (κ1) is 9.62. The molecule has 0 spiro atoms. The van der Waals surface area contributed by atoms with Crippen LogP contribution in [0.25, 0.3) is 0 Å². The smallest absolute Gasteiger partial charge is 0.125 e. The molecule has 0 amide bonds. The zero-order chi connectivity index (χ0) is 9.68.